The van der Waals surface area contributed by atoms with Crippen LogP contribution in [0.5, 0.6) is 0 Å². The van der Waals surface area contributed by atoms with Crippen molar-refractivity contribution in [1.82, 2.24) is 0 Å². The lowest BCUT2D eigenvalue weighted by Gasteiger charge is -2.23. The Morgan fingerprint density at radius 1 is 0.579 bits per heavy atom. The first-order valence-electron chi connectivity index (χ1n) is 20.1. The molecule has 0 fully saturated rings. The van der Waals surface area contributed by atoms with Crippen molar-refractivity contribution in [2.24, 2.45) is 0 Å². The number of ether oxygens (including phenoxy) is 2. The number of aryl methyl sites for hydroxylation is 2. The fraction of sp³-hybridized carbons (Fsp3) is 0.245. The molecule has 1 aliphatic rings. The van der Waals surface area contributed by atoms with Gasteiger partial charge in [0.1, 0.15) is 0 Å². The summed E-state index contributed by atoms with van der Waals surface area (Å²) in [5.41, 5.74) is 13.6. The Morgan fingerprint density at radius 3 is 1.67 bits per heavy atom. The lowest BCUT2D eigenvalue weighted by Crippen LogP contribution is -2.15. The number of carbonyl (C=O) groups excluding carboxylic acids is 2. The van der Waals surface area contributed by atoms with Crippen LogP contribution in [0.3, 0.4) is 0 Å². The molecule has 1 aliphatic carbocycles. The number of fused-ring (bicyclic) bond motifs is 3. The molecular weight excluding hydrogens is 701 g/mol. The highest BCUT2D eigenvalue weighted by Crippen LogP contribution is 2.51. The number of benzene rings is 7. The molecule has 0 saturated carbocycles. The van der Waals surface area contributed by atoms with Gasteiger partial charge in [-0.15, -0.1) is 0 Å². The van der Waals surface area contributed by atoms with Crippen molar-refractivity contribution in [2.45, 2.75) is 71.1 Å². The molecule has 8 rings (SSSR count). The van der Waals surface area contributed by atoms with Crippen molar-refractivity contribution in [3.05, 3.63) is 156 Å². The Kier molecular flexibility index (Phi) is 9.85. The monoisotopic (exact) mass is 750 g/mol. The Bertz CT molecular complexity index is 2660. The van der Waals surface area contributed by atoms with Gasteiger partial charge in [0.2, 0.25) is 0 Å². The van der Waals surface area contributed by atoms with Crippen LogP contribution in [0, 0.1) is 0 Å². The standard InChI is InChI=1S/C53H50O4/c1-8-48(54)56-24-10-12-33-26-34(13-11-25-57-49(55)9-2)28-40(27-33)36-17-21-43-44-22-18-37(32-47(44)53(6,7)46(43)31-36)42-20-16-35-14-15-38-29-41(52(3,4)5)30-39-19-23-45(42)51(35)50(38)39/h8-9,14-23,26-32H,1-2,10-13,24-25H2,3-7H3. The van der Waals surface area contributed by atoms with Crippen LogP contribution < -0.4 is 0 Å². The minimum Gasteiger partial charge on any atom is -0.463 e. The number of carbonyl (C=O) groups is 2. The predicted octanol–water partition coefficient (Wildman–Crippen LogP) is 12.8. The number of rotatable bonds is 12. The molecule has 0 bridgehead atoms. The number of hydrogen-bond donors (Lipinski definition) is 0. The van der Waals surface area contributed by atoms with E-state index in [0.717, 1.165) is 24.0 Å². The maximum absolute atomic E-state index is 11.6. The van der Waals surface area contributed by atoms with Crippen LogP contribution >= 0.6 is 0 Å². The minimum absolute atomic E-state index is 0.0766. The van der Waals surface area contributed by atoms with Crippen LogP contribution in [0.15, 0.2) is 128 Å². The summed E-state index contributed by atoms with van der Waals surface area (Å²) in [7, 11) is 0. The van der Waals surface area contributed by atoms with Crippen molar-refractivity contribution >= 4 is 44.3 Å². The zero-order valence-corrected chi connectivity index (χ0v) is 33.8. The van der Waals surface area contributed by atoms with Gasteiger partial charge in [-0.05, 0) is 137 Å². The molecule has 7 aromatic rings. The van der Waals surface area contributed by atoms with Gasteiger partial charge in [0, 0.05) is 17.6 Å². The van der Waals surface area contributed by atoms with Crippen LogP contribution in [0.1, 0.15) is 75.3 Å². The highest BCUT2D eigenvalue weighted by atomic mass is 16.5. The van der Waals surface area contributed by atoms with E-state index in [1.807, 2.05) is 0 Å². The topological polar surface area (TPSA) is 52.6 Å². The molecule has 0 spiro atoms. The number of hydrogen-bond acceptors (Lipinski definition) is 4. The highest BCUT2D eigenvalue weighted by Gasteiger charge is 2.36. The molecule has 0 saturated heterocycles. The summed E-state index contributed by atoms with van der Waals surface area (Å²) in [6.45, 7) is 19.2. The van der Waals surface area contributed by atoms with Gasteiger partial charge in [-0.25, -0.2) is 9.59 Å². The van der Waals surface area contributed by atoms with Crippen LogP contribution in [0.25, 0.3) is 65.7 Å². The van der Waals surface area contributed by atoms with Gasteiger partial charge in [-0.3, -0.25) is 0 Å². The van der Waals surface area contributed by atoms with E-state index < -0.39 is 11.9 Å². The normalized spacial score (nSPS) is 13.1. The quantitative estimate of drug-likeness (QED) is 0.0540. The zero-order valence-electron chi connectivity index (χ0n) is 33.8. The molecule has 0 radical (unpaired) electrons. The van der Waals surface area contributed by atoms with Gasteiger partial charge < -0.3 is 9.47 Å². The van der Waals surface area contributed by atoms with Crippen LogP contribution in [0.4, 0.5) is 0 Å². The van der Waals surface area contributed by atoms with Crippen LogP contribution in [-0.4, -0.2) is 25.2 Å². The van der Waals surface area contributed by atoms with Gasteiger partial charge >= 0.3 is 11.9 Å². The molecule has 0 unspecified atom stereocenters. The van der Waals surface area contributed by atoms with Gasteiger partial charge in [-0.1, -0.05) is 139 Å². The molecular formula is C53H50O4. The van der Waals surface area contributed by atoms with Crippen molar-refractivity contribution in [3.8, 4) is 33.4 Å². The third kappa shape index (κ3) is 7.14. The Balaban J connectivity index is 1.13. The first-order valence-corrected chi connectivity index (χ1v) is 20.1. The first kappa shape index (κ1) is 37.9. The van der Waals surface area contributed by atoms with E-state index in [9.17, 15) is 9.59 Å². The maximum Gasteiger partial charge on any atom is 0.330 e. The summed E-state index contributed by atoms with van der Waals surface area (Å²) >= 11 is 0. The second-order valence-corrected chi connectivity index (χ2v) is 17.1. The van der Waals surface area contributed by atoms with Gasteiger partial charge in [0.15, 0.2) is 0 Å². The first-order chi connectivity index (χ1) is 27.3. The summed E-state index contributed by atoms with van der Waals surface area (Å²) in [5.74, 6) is -0.809. The molecule has 57 heavy (non-hydrogen) atoms. The zero-order chi connectivity index (χ0) is 40.1. The molecule has 0 aliphatic heterocycles. The van der Waals surface area contributed by atoms with E-state index in [0.29, 0.717) is 26.1 Å². The fourth-order valence-corrected chi connectivity index (χ4v) is 8.82. The van der Waals surface area contributed by atoms with E-state index in [1.165, 1.54) is 94.5 Å². The second kappa shape index (κ2) is 14.8. The van der Waals surface area contributed by atoms with Crippen LogP contribution in [0.2, 0.25) is 0 Å². The van der Waals surface area contributed by atoms with Crippen LogP contribution in [-0.2, 0) is 42.7 Å². The lowest BCUT2D eigenvalue weighted by atomic mass is 9.80. The van der Waals surface area contributed by atoms with E-state index in [2.05, 4.69) is 151 Å². The summed E-state index contributed by atoms with van der Waals surface area (Å²) in [6.07, 6.45) is 5.34. The van der Waals surface area contributed by atoms with Gasteiger partial charge in [0.05, 0.1) is 13.2 Å². The predicted molar refractivity (Wildman–Crippen MR) is 236 cm³/mol. The summed E-state index contributed by atoms with van der Waals surface area (Å²) in [5, 5.41) is 7.85. The van der Waals surface area contributed by atoms with Crippen molar-refractivity contribution in [2.75, 3.05) is 13.2 Å². The van der Waals surface area contributed by atoms with Crippen molar-refractivity contribution in [1.29, 1.82) is 0 Å². The molecule has 0 atom stereocenters. The molecule has 286 valence electrons. The largest absolute Gasteiger partial charge is 0.463 e. The van der Waals surface area contributed by atoms with E-state index >= 15 is 0 Å². The fourth-order valence-electron chi connectivity index (χ4n) is 8.82. The molecule has 0 N–H and O–H groups in total. The van der Waals surface area contributed by atoms with Gasteiger partial charge in [-0.2, -0.15) is 0 Å². The van der Waals surface area contributed by atoms with Gasteiger partial charge in [0.25, 0.3) is 0 Å². The molecule has 0 heterocycles. The highest BCUT2D eigenvalue weighted by molar-refractivity contribution is 6.25. The van der Waals surface area contributed by atoms with E-state index in [-0.39, 0.29) is 10.8 Å². The minimum atomic E-state index is -0.405. The Hall–Kier alpha value is -6.00. The Labute approximate surface area is 336 Å². The SMILES string of the molecule is C=CC(=O)OCCCc1cc(CCCOC(=O)C=C)cc(-c2ccc3c(c2)C(C)(C)c2cc(-c4ccc5ccc6cc(C(C)(C)C)cc7ccc4c5c67)ccc2-3)c1. The van der Waals surface area contributed by atoms with E-state index in [1.54, 1.807) is 0 Å². The summed E-state index contributed by atoms with van der Waals surface area (Å²) < 4.78 is 10.5. The van der Waals surface area contributed by atoms with Crippen molar-refractivity contribution < 1.29 is 19.1 Å². The average molecular weight is 751 g/mol. The lowest BCUT2D eigenvalue weighted by molar-refractivity contribution is -0.138. The smallest absolute Gasteiger partial charge is 0.330 e. The second-order valence-electron chi connectivity index (χ2n) is 17.1. The third-order valence-corrected chi connectivity index (χ3v) is 11.9. The van der Waals surface area contributed by atoms with E-state index in [4.69, 9.17) is 9.47 Å². The molecule has 0 aromatic heterocycles. The maximum atomic E-state index is 11.6. The molecule has 0 amide bonds. The number of esters is 2. The molecule has 4 nitrogen and oxygen atoms in total. The molecule has 4 heteroatoms. The average Bonchev–Trinajstić information content (AvgIpc) is 3.43. The third-order valence-electron chi connectivity index (χ3n) is 11.9. The molecule has 7 aromatic carbocycles. The Morgan fingerprint density at radius 2 is 1.09 bits per heavy atom. The summed E-state index contributed by atoms with van der Waals surface area (Å²) in [6, 6.07) is 39.2. The summed E-state index contributed by atoms with van der Waals surface area (Å²) in [4.78, 5) is 23.2. The van der Waals surface area contributed by atoms with Crippen molar-refractivity contribution in [3.63, 3.8) is 0 Å².